The molecule has 0 atom stereocenters. The number of nitrogens with zero attached hydrogens (tertiary/aromatic N) is 2. The van der Waals surface area contributed by atoms with Crippen LogP contribution in [-0.4, -0.2) is 16.5 Å². The van der Waals surface area contributed by atoms with Crippen molar-refractivity contribution in [3.63, 3.8) is 0 Å². The van der Waals surface area contributed by atoms with Crippen molar-refractivity contribution in [3.05, 3.63) is 75.5 Å². The zero-order valence-electron chi connectivity index (χ0n) is 16.2. The Labute approximate surface area is 188 Å². The van der Waals surface area contributed by atoms with Crippen LogP contribution in [0.3, 0.4) is 0 Å². The second-order valence-corrected chi connectivity index (χ2v) is 7.84. The summed E-state index contributed by atoms with van der Waals surface area (Å²) in [6, 6.07) is 15.2. The number of fused-ring (bicyclic) bond motifs is 1. The fourth-order valence-corrected chi connectivity index (χ4v) is 4.20. The van der Waals surface area contributed by atoms with Crippen LogP contribution in [0.5, 0.6) is 0 Å². The number of aromatic nitrogens is 1. The second kappa shape index (κ2) is 8.72. The van der Waals surface area contributed by atoms with E-state index in [1.54, 1.807) is 47.0 Å². The van der Waals surface area contributed by atoms with E-state index in [0.717, 1.165) is 12.1 Å². The van der Waals surface area contributed by atoms with E-state index in [-0.39, 0.29) is 16.9 Å². The van der Waals surface area contributed by atoms with Crippen molar-refractivity contribution in [1.29, 1.82) is 5.26 Å². The number of nitrogens with one attached hydrogen (secondary N) is 3. The number of carbonyl (C=O) groups excluding carboxylic acids is 2. The Kier molecular flexibility index (Phi) is 5.85. The molecule has 0 unspecified atom stereocenters. The lowest BCUT2D eigenvalue weighted by Gasteiger charge is -2.12. The smallest absolute Gasteiger partial charge is 0.323 e. The van der Waals surface area contributed by atoms with E-state index < -0.39 is 11.9 Å². The van der Waals surface area contributed by atoms with Crippen LogP contribution in [0, 0.1) is 11.3 Å². The SMILES string of the molecule is N#Cc1c(NC(=O)Nc2ccccc2)c(C(=O)Nc2cc(Cl)cc(Cl)c2)n2c1CCC2. The van der Waals surface area contributed by atoms with Crippen LogP contribution in [0.25, 0.3) is 0 Å². The number of halogens is 2. The highest BCUT2D eigenvalue weighted by Gasteiger charge is 2.31. The van der Waals surface area contributed by atoms with Gasteiger partial charge in [-0.05, 0) is 43.2 Å². The zero-order valence-corrected chi connectivity index (χ0v) is 17.7. The Balaban J connectivity index is 1.67. The van der Waals surface area contributed by atoms with Gasteiger partial charge in [0.1, 0.15) is 11.8 Å². The van der Waals surface area contributed by atoms with Gasteiger partial charge < -0.3 is 20.5 Å². The topological polar surface area (TPSA) is 99.0 Å². The van der Waals surface area contributed by atoms with Gasteiger partial charge in [0, 0.05) is 33.7 Å². The van der Waals surface area contributed by atoms with Crippen LogP contribution in [0.15, 0.2) is 48.5 Å². The normalized spacial score (nSPS) is 12.0. The van der Waals surface area contributed by atoms with E-state index in [9.17, 15) is 14.9 Å². The Hall–Kier alpha value is -3.47. The lowest BCUT2D eigenvalue weighted by molar-refractivity contribution is 0.101. The molecule has 31 heavy (non-hydrogen) atoms. The molecule has 1 aliphatic heterocycles. The molecule has 3 aromatic rings. The molecule has 4 rings (SSSR count). The van der Waals surface area contributed by atoms with Gasteiger partial charge >= 0.3 is 6.03 Å². The molecule has 3 N–H and O–H groups in total. The predicted octanol–water partition coefficient (Wildman–Crippen LogP) is 5.51. The van der Waals surface area contributed by atoms with E-state index in [4.69, 9.17) is 23.2 Å². The minimum atomic E-state index is -0.549. The molecule has 7 nitrogen and oxygen atoms in total. The third kappa shape index (κ3) is 4.36. The third-order valence-electron chi connectivity index (χ3n) is 4.88. The van der Waals surface area contributed by atoms with Gasteiger partial charge in [0.15, 0.2) is 0 Å². The van der Waals surface area contributed by atoms with Crippen molar-refractivity contribution in [2.75, 3.05) is 16.0 Å². The number of hydrogen-bond acceptors (Lipinski definition) is 3. The van der Waals surface area contributed by atoms with Crippen LogP contribution >= 0.6 is 23.2 Å². The molecule has 2 heterocycles. The number of carbonyl (C=O) groups is 2. The van der Waals surface area contributed by atoms with Crippen LogP contribution in [0.2, 0.25) is 10.0 Å². The molecule has 0 aliphatic carbocycles. The van der Waals surface area contributed by atoms with E-state index in [0.29, 0.717) is 34.4 Å². The quantitative estimate of drug-likeness (QED) is 0.485. The van der Waals surface area contributed by atoms with E-state index in [1.165, 1.54) is 0 Å². The first-order valence-corrected chi connectivity index (χ1v) is 10.3. The second-order valence-electron chi connectivity index (χ2n) is 6.97. The minimum Gasteiger partial charge on any atom is -0.337 e. The summed E-state index contributed by atoms with van der Waals surface area (Å²) in [4.78, 5) is 25.8. The summed E-state index contributed by atoms with van der Waals surface area (Å²) in [5, 5.41) is 18.6. The van der Waals surface area contributed by atoms with Crippen LogP contribution in [0.1, 0.15) is 28.2 Å². The average Bonchev–Trinajstić information content (AvgIpc) is 3.27. The summed E-state index contributed by atoms with van der Waals surface area (Å²) >= 11 is 12.1. The molecule has 3 amide bonds. The maximum Gasteiger partial charge on any atom is 0.323 e. The number of nitriles is 1. The van der Waals surface area contributed by atoms with E-state index in [2.05, 4.69) is 22.0 Å². The monoisotopic (exact) mass is 453 g/mol. The van der Waals surface area contributed by atoms with Gasteiger partial charge in [-0.15, -0.1) is 0 Å². The molecule has 0 saturated carbocycles. The maximum absolute atomic E-state index is 13.2. The number of amides is 3. The van der Waals surface area contributed by atoms with Gasteiger partial charge in [-0.25, -0.2) is 4.79 Å². The molecule has 0 saturated heterocycles. The molecule has 1 aromatic heterocycles. The first-order chi connectivity index (χ1) is 15.0. The lowest BCUT2D eigenvalue weighted by Crippen LogP contribution is -2.23. The molecule has 2 aromatic carbocycles. The molecule has 0 spiro atoms. The highest BCUT2D eigenvalue weighted by Crippen LogP contribution is 2.34. The minimum absolute atomic E-state index is 0.177. The molecule has 0 fully saturated rings. The molecule has 1 aliphatic rings. The van der Waals surface area contributed by atoms with Gasteiger partial charge in [0.2, 0.25) is 0 Å². The number of rotatable bonds is 4. The zero-order chi connectivity index (χ0) is 22.0. The summed E-state index contributed by atoms with van der Waals surface area (Å²) in [7, 11) is 0. The number of para-hydroxylation sites is 1. The van der Waals surface area contributed by atoms with Crippen LogP contribution in [-0.2, 0) is 13.0 Å². The van der Waals surface area contributed by atoms with Crippen molar-refractivity contribution >= 4 is 52.2 Å². The van der Waals surface area contributed by atoms with E-state index in [1.807, 2.05) is 6.07 Å². The first-order valence-electron chi connectivity index (χ1n) is 9.52. The van der Waals surface area contributed by atoms with Crippen LogP contribution < -0.4 is 16.0 Å². The number of hydrogen-bond donors (Lipinski definition) is 3. The molecule has 0 bridgehead atoms. The molecular formula is C22H17Cl2N5O2. The fraction of sp³-hybridized carbons (Fsp3) is 0.136. The average molecular weight is 454 g/mol. The van der Waals surface area contributed by atoms with Gasteiger partial charge in [-0.3, -0.25) is 4.79 Å². The highest BCUT2D eigenvalue weighted by atomic mass is 35.5. The summed E-state index contributed by atoms with van der Waals surface area (Å²) in [5.41, 5.74) is 2.40. The third-order valence-corrected chi connectivity index (χ3v) is 5.32. The molecule has 156 valence electrons. The van der Waals surface area contributed by atoms with E-state index >= 15 is 0 Å². The Morgan fingerprint density at radius 3 is 2.35 bits per heavy atom. The van der Waals surface area contributed by atoms with Crippen molar-refractivity contribution < 1.29 is 9.59 Å². The van der Waals surface area contributed by atoms with Crippen molar-refractivity contribution in [2.24, 2.45) is 0 Å². The van der Waals surface area contributed by atoms with Crippen molar-refractivity contribution in [1.82, 2.24) is 4.57 Å². The van der Waals surface area contributed by atoms with Gasteiger partial charge in [-0.1, -0.05) is 41.4 Å². The Morgan fingerprint density at radius 2 is 1.68 bits per heavy atom. The fourth-order valence-electron chi connectivity index (χ4n) is 3.67. The number of benzene rings is 2. The Morgan fingerprint density at radius 1 is 0.968 bits per heavy atom. The number of anilines is 3. The molecule has 0 radical (unpaired) electrons. The van der Waals surface area contributed by atoms with Crippen molar-refractivity contribution in [3.8, 4) is 6.07 Å². The standard InChI is InChI=1S/C22H17Cl2N5O2/c23-13-9-14(24)11-16(10-13)26-21(30)20-19(17(12-25)18-7-4-8-29(18)20)28-22(31)27-15-5-2-1-3-6-15/h1-3,5-6,9-11H,4,7-8H2,(H,26,30)(H2,27,28,31). The largest absolute Gasteiger partial charge is 0.337 e. The summed E-state index contributed by atoms with van der Waals surface area (Å²) in [5.74, 6) is -0.474. The molecule has 9 heteroatoms. The van der Waals surface area contributed by atoms with Gasteiger partial charge in [0.25, 0.3) is 5.91 Å². The maximum atomic E-state index is 13.2. The highest BCUT2D eigenvalue weighted by molar-refractivity contribution is 6.35. The Bertz CT molecular complexity index is 1190. The van der Waals surface area contributed by atoms with Crippen LogP contribution in [0.4, 0.5) is 21.9 Å². The summed E-state index contributed by atoms with van der Waals surface area (Å²) < 4.78 is 1.78. The summed E-state index contributed by atoms with van der Waals surface area (Å²) in [6.45, 7) is 0.574. The van der Waals surface area contributed by atoms with Gasteiger partial charge in [-0.2, -0.15) is 5.26 Å². The first kappa shape index (κ1) is 20.8. The van der Waals surface area contributed by atoms with Crippen molar-refractivity contribution in [2.45, 2.75) is 19.4 Å². The lowest BCUT2D eigenvalue weighted by atomic mass is 10.1. The van der Waals surface area contributed by atoms with Gasteiger partial charge in [0.05, 0.1) is 11.3 Å². The molecular weight excluding hydrogens is 437 g/mol. The number of urea groups is 1. The summed E-state index contributed by atoms with van der Waals surface area (Å²) in [6.07, 6.45) is 1.46. The predicted molar refractivity (Wildman–Crippen MR) is 121 cm³/mol.